The third-order valence-corrected chi connectivity index (χ3v) is 4.75. The van der Waals surface area contributed by atoms with Gasteiger partial charge >= 0.3 is 0 Å². The Kier molecular flexibility index (Phi) is 5.23. The van der Waals surface area contributed by atoms with Gasteiger partial charge in [-0.1, -0.05) is 11.6 Å². The van der Waals surface area contributed by atoms with Gasteiger partial charge in [-0.15, -0.1) is 0 Å². The Morgan fingerprint density at radius 2 is 2.08 bits per heavy atom. The van der Waals surface area contributed by atoms with Gasteiger partial charge in [-0.3, -0.25) is 9.59 Å². The summed E-state index contributed by atoms with van der Waals surface area (Å²) in [5.41, 5.74) is 3.32. The van der Waals surface area contributed by atoms with E-state index in [0.717, 1.165) is 23.5 Å². The van der Waals surface area contributed by atoms with Crippen LogP contribution < -0.4 is 20.8 Å². The van der Waals surface area contributed by atoms with E-state index in [9.17, 15) is 9.59 Å². The highest BCUT2D eigenvalue weighted by Crippen LogP contribution is 2.26. The van der Waals surface area contributed by atoms with E-state index in [4.69, 9.17) is 16.3 Å². The van der Waals surface area contributed by atoms with Crippen molar-refractivity contribution in [1.29, 1.82) is 0 Å². The van der Waals surface area contributed by atoms with E-state index in [1.165, 1.54) is 0 Å². The topological polar surface area (TPSA) is 72.4 Å². The maximum Gasteiger partial charge on any atom is 0.251 e. The first-order valence-corrected chi connectivity index (χ1v) is 8.98. The lowest BCUT2D eigenvalue weighted by Crippen LogP contribution is -2.28. The molecule has 2 heterocycles. The van der Waals surface area contributed by atoms with Crippen molar-refractivity contribution < 1.29 is 9.53 Å². The van der Waals surface area contributed by atoms with Gasteiger partial charge in [0.15, 0.2) is 5.43 Å². The molecule has 1 aromatic heterocycles. The molecule has 0 radical (unpaired) electrons. The Hall–Kier alpha value is -2.47. The SMILES string of the molecule is CCNc1cc(Cl)cc(C(=O)NCc2c3n(c(C)cc2=O)CCO3)c1C. The van der Waals surface area contributed by atoms with Crippen molar-refractivity contribution in [2.24, 2.45) is 0 Å². The van der Waals surface area contributed by atoms with E-state index in [1.807, 2.05) is 25.3 Å². The first kappa shape index (κ1) is 18.3. The van der Waals surface area contributed by atoms with Crippen molar-refractivity contribution in [3.63, 3.8) is 0 Å². The predicted molar refractivity (Wildman–Crippen MR) is 102 cm³/mol. The summed E-state index contributed by atoms with van der Waals surface area (Å²) in [6.07, 6.45) is 0. The molecule has 1 aromatic carbocycles. The van der Waals surface area contributed by atoms with Crippen LogP contribution in [0.25, 0.3) is 0 Å². The molecule has 6 nitrogen and oxygen atoms in total. The number of fused-ring (bicyclic) bond motifs is 1. The fourth-order valence-electron chi connectivity index (χ4n) is 3.18. The van der Waals surface area contributed by atoms with Crippen LogP contribution in [0.1, 0.15) is 34.1 Å². The number of rotatable bonds is 5. The van der Waals surface area contributed by atoms with Crippen LogP contribution in [0.3, 0.4) is 0 Å². The highest BCUT2D eigenvalue weighted by atomic mass is 35.5. The minimum Gasteiger partial charge on any atom is -0.477 e. The summed E-state index contributed by atoms with van der Waals surface area (Å²) < 4.78 is 7.56. The summed E-state index contributed by atoms with van der Waals surface area (Å²) in [5.74, 6) is 0.271. The lowest BCUT2D eigenvalue weighted by Gasteiger charge is -2.15. The van der Waals surface area contributed by atoms with Crippen LogP contribution in [0.2, 0.25) is 5.02 Å². The number of carbonyl (C=O) groups is 1. The lowest BCUT2D eigenvalue weighted by atomic mass is 10.1. The summed E-state index contributed by atoms with van der Waals surface area (Å²) in [5, 5.41) is 6.50. The second kappa shape index (κ2) is 7.41. The van der Waals surface area contributed by atoms with Crippen molar-refractivity contribution in [3.05, 3.63) is 55.8 Å². The molecule has 1 aliphatic heterocycles. The van der Waals surface area contributed by atoms with E-state index in [2.05, 4.69) is 10.6 Å². The number of amides is 1. The van der Waals surface area contributed by atoms with Gasteiger partial charge in [0.1, 0.15) is 6.61 Å². The highest BCUT2D eigenvalue weighted by Gasteiger charge is 2.21. The number of hydrogen-bond donors (Lipinski definition) is 2. The molecule has 0 bridgehead atoms. The smallest absolute Gasteiger partial charge is 0.251 e. The van der Waals surface area contributed by atoms with Crippen LogP contribution in [0, 0.1) is 13.8 Å². The van der Waals surface area contributed by atoms with Crippen LogP contribution in [0.5, 0.6) is 5.88 Å². The Labute approximate surface area is 157 Å². The molecular formula is C19H22ClN3O3. The van der Waals surface area contributed by atoms with Gasteiger partial charge in [-0.25, -0.2) is 0 Å². The lowest BCUT2D eigenvalue weighted by molar-refractivity contribution is 0.0950. The molecule has 26 heavy (non-hydrogen) atoms. The number of hydrogen-bond acceptors (Lipinski definition) is 4. The van der Waals surface area contributed by atoms with Gasteiger partial charge in [0, 0.05) is 34.6 Å². The zero-order chi connectivity index (χ0) is 18.8. The minimum absolute atomic E-state index is 0.107. The Morgan fingerprint density at radius 1 is 1.31 bits per heavy atom. The molecule has 0 saturated carbocycles. The van der Waals surface area contributed by atoms with Gasteiger partial charge in [0.05, 0.1) is 18.7 Å². The predicted octanol–water partition coefficient (Wildman–Crippen LogP) is 2.87. The molecule has 0 atom stereocenters. The molecule has 0 saturated heterocycles. The Balaban J connectivity index is 1.85. The maximum atomic E-state index is 12.7. The van der Waals surface area contributed by atoms with Gasteiger partial charge < -0.3 is 19.9 Å². The third kappa shape index (κ3) is 3.42. The molecule has 1 amide bonds. The molecule has 3 rings (SSSR count). The number of benzene rings is 1. The van der Waals surface area contributed by atoms with Crippen molar-refractivity contribution >= 4 is 23.2 Å². The summed E-state index contributed by atoms with van der Waals surface area (Å²) in [7, 11) is 0. The van der Waals surface area contributed by atoms with Gasteiger partial charge in [-0.05, 0) is 38.5 Å². The van der Waals surface area contributed by atoms with Gasteiger partial charge in [0.2, 0.25) is 5.88 Å². The number of ether oxygens (including phenoxy) is 1. The fraction of sp³-hybridized carbons (Fsp3) is 0.368. The standard InChI is InChI=1S/C19H22ClN3O3/c1-4-21-16-9-13(20)8-14(12(16)3)18(25)22-10-15-17(24)7-11(2)23-5-6-26-19(15)23/h7-9,21H,4-6,10H2,1-3H3,(H,22,25). The van der Waals surface area contributed by atoms with E-state index in [1.54, 1.807) is 18.2 Å². The number of nitrogens with zero attached hydrogens (tertiary/aromatic N) is 1. The zero-order valence-corrected chi connectivity index (χ0v) is 15.9. The monoisotopic (exact) mass is 375 g/mol. The molecular weight excluding hydrogens is 354 g/mol. The first-order chi connectivity index (χ1) is 12.4. The largest absolute Gasteiger partial charge is 0.477 e. The quantitative estimate of drug-likeness (QED) is 0.842. The third-order valence-electron chi connectivity index (χ3n) is 4.53. The van der Waals surface area contributed by atoms with E-state index >= 15 is 0 Å². The van der Waals surface area contributed by atoms with E-state index < -0.39 is 0 Å². The van der Waals surface area contributed by atoms with Crippen LogP contribution in [-0.2, 0) is 13.1 Å². The first-order valence-electron chi connectivity index (χ1n) is 8.60. The number of pyridine rings is 1. The second-order valence-electron chi connectivity index (χ2n) is 6.27. The average molecular weight is 376 g/mol. The number of nitrogens with one attached hydrogen (secondary N) is 2. The van der Waals surface area contributed by atoms with Crippen LogP contribution >= 0.6 is 11.6 Å². The van der Waals surface area contributed by atoms with Gasteiger partial charge in [-0.2, -0.15) is 0 Å². The zero-order valence-electron chi connectivity index (χ0n) is 15.1. The summed E-state index contributed by atoms with van der Waals surface area (Å²) in [4.78, 5) is 25.0. The molecule has 1 aliphatic rings. The molecule has 138 valence electrons. The highest BCUT2D eigenvalue weighted by molar-refractivity contribution is 6.31. The average Bonchev–Trinajstić information content (AvgIpc) is 3.07. The molecule has 2 N–H and O–H groups in total. The normalized spacial score (nSPS) is 12.5. The molecule has 0 unspecified atom stereocenters. The van der Waals surface area contributed by atoms with E-state index in [-0.39, 0.29) is 17.9 Å². The molecule has 2 aromatic rings. The Bertz CT molecular complexity index is 921. The second-order valence-corrected chi connectivity index (χ2v) is 6.71. The number of anilines is 1. The minimum atomic E-state index is -0.277. The number of halogens is 1. The van der Waals surface area contributed by atoms with Crippen molar-refractivity contribution in [2.45, 2.75) is 33.9 Å². The molecule has 0 aliphatic carbocycles. The van der Waals surface area contributed by atoms with Crippen LogP contribution in [-0.4, -0.2) is 23.6 Å². The van der Waals surface area contributed by atoms with Crippen LogP contribution in [0.4, 0.5) is 5.69 Å². The van der Waals surface area contributed by atoms with Crippen molar-refractivity contribution in [2.75, 3.05) is 18.5 Å². The van der Waals surface area contributed by atoms with Crippen LogP contribution in [0.15, 0.2) is 23.0 Å². The van der Waals surface area contributed by atoms with Crippen molar-refractivity contribution in [3.8, 4) is 5.88 Å². The summed E-state index contributed by atoms with van der Waals surface area (Å²) in [6.45, 7) is 7.80. The summed E-state index contributed by atoms with van der Waals surface area (Å²) >= 11 is 6.14. The number of aryl methyl sites for hydroxylation is 1. The molecule has 0 spiro atoms. The molecule has 0 fully saturated rings. The fourth-order valence-corrected chi connectivity index (χ4v) is 3.39. The molecule has 7 heteroatoms. The summed E-state index contributed by atoms with van der Waals surface area (Å²) in [6, 6.07) is 5.01. The van der Waals surface area contributed by atoms with Crippen molar-refractivity contribution in [1.82, 2.24) is 9.88 Å². The van der Waals surface area contributed by atoms with E-state index in [0.29, 0.717) is 35.2 Å². The number of carbonyl (C=O) groups excluding carboxylic acids is 1. The Morgan fingerprint density at radius 3 is 2.81 bits per heavy atom. The number of aromatic nitrogens is 1. The maximum absolute atomic E-state index is 12.7. The van der Waals surface area contributed by atoms with Gasteiger partial charge in [0.25, 0.3) is 5.91 Å².